The molecule has 0 amide bonds. The van der Waals surface area contributed by atoms with Crippen molar-refractivity contribution >= 4 is 29.6 Å². The van der Waals surface area contributed by atoms with E-state index in [-0.39, 0.29) is 36.4 Å². The largest absolute Gasteiger partial charge is 0.221 e. The molecule has 1 aliphatic rings. The van der Waals surface area contributed by atoms with Gasteiger partial charge in [0, 0.05) is 29.6 Å². The van der Waals surface area contributed by atoms with Gasteiger partial charge >= 0.3 is 0 Å². The number of hydrogen-bond acceptors (Lipinski definition) is 5. The topological polar surface area (TPSA) is 46.2 Å². The van der Waals surface area contributed by atoms with Gasteiger partial charge in [0.25, 0.3) is 0 Å². The molecule has 0 aromatic rings. The summed E-state index contributed by atoms with van der Waals surface area (Å²) in [6.07, 6.45) is 0. The molecule has 0 N–H and O–H groups in total. The van der Waals surface area contributed by atoms with Crippen molar-refractivity contribution in [2.24, 2.45) is 0 Å². The van der Waals surface area contributed by atoms with Crippen LogP contribution in [-0.2, 0) is 24.9 Å². The van der Waals surface area contributed by atoms with Crippen molar-refractivity contribution in [3.8, 4) is 0 Å². The van der Waals surface area contributed by atoms with Gasteiger partial charge in [0.15, 0.2) is 0 Å². The molecular weight excluding hydrogens is 115 g/mol. The van der Waals surface area contributed by atoms with Crippen molar-refractivity contribution in [2.75, 3.05) is 6.79 Å². The van der Waals surface area contributed by atoms with Gasteiger partial charge in [-0.05, 0) is 15.1 Å². The van der Waals surface area contributed by atoms with Crippen LogP contribution in [0.25, 0.3) is 0 Å². The van der Waals surface area contributed by atoms with E-state index >= 15 is 0 Å². The summed E-state index contributed by atoms with van der Waals surface area (Å²) in [4.78, 5) is 8.00. The standard InChI is InChI=1S/CH2O5.Na/c1-2-4-6-5-3-1;/h1H2;. The van der Waals surface area contributed by atoms with Gasteiger partial charge in [0.05, 0.1) is 0 Å². The molecule has 1 saturated heterocycles. The van der Waals surface area contributed by atoms with Gasteiger partial charge in [-0.3, -0.25) is 0 Å². The number of rotatable bonds is 0. The monoisotopic (exact) mass is 117 g/mol. The third kappa shape index (κ3) is 3.39. The molecule has 5 nitrogen and oxygen atoms in total. The van der Waals surface area contributed by atoms with Crippen molar-refractivity contribution in [3.63, 3.8) is 0 Å². The van der Waals surface area contributed by atoms with Crippen molar-refractivity contribution in [2.45, 2.75) is 0 Å². The Morgan fingerprint density at radius 2 is 1.43 bits per heavy atom. The maximum atomic E-state index is 4.00. The zero-order valence-electron chi connectivity index (χ0n) is 3.75. The van der Waals surface area contributed by atoms with Crippen LogP contribution in [0.2, 0.25) is 0 Å². The van der Waals surface area contributed by atoms with Crippen LogP contribution < -0.4 is 0 Å². The van der Waals surface area contributed by atoms with E-state index in [9.17, 15) is 0 Å². The minimum Gasteiger partial charge on any atom is -0.172 e. The first-order valence-corrected chi connectivity index (χ1v) is 1.24. The Bertz CT molecular complexity index is 23.6. The van der Waals surface area contributed by atoms with Crippen LogP contribution in [0.1, 0.15) is 0 Å². The van der Waals surface area contributed by atoms with Crippen LogP contribution in [-0.4, -0.2) is 36.4 Å². The van der Waals surface area contributed by atoms with Crippen LogP contribution in [0.15, 0.2) is 0 Å². The third-order valence-electron chi connectivity index (χ3n) is 0.248. The minimum atomic E-state index is -0.0694. The second-order valence-electron chi connectivity index (χ2n) is 0.558. The summed E-state index contributed by atoms with van der Waals surface area (Å²) < 4.78 is 0. The summed E-state index contributed by atoms with van der Waals surface area (Å²) in [6, 6.07) is 0. The fourth-order valence-corrected chi connectivity index (χ4v) is 0.110. The summed E-state index contributed by atoms with van der Waals surface area (Å²) in [5.74, 6) is 0. The first-order valence-electron chi connectivity index (χ1n) is 1.24. The minimum absolute atomic E-state index is 0. The van der Waals surface area contributed by atoms with E-state index < -0.39 is 0 Å². The van der Waals surface area contributed by atoms with E-state index in [0.29, 0.717) is 0 Å². The van der Waals surface area contributed by atoms with E-state index in [4.69, 9.17) is 0 Å². The van der Waals surface area contributed by atoms with Crippen molar-refractivity contribution in [3.05, 3.63) is 0 Å². The van der Waals surface area contributed by atoms with E-state index in [1.165, 1.54) is 0 Å². The van der Waals surface area contributed by atoms with Gasteiger partial charge in [-0.15, -0.1) is 0 Å². The molecule has 1 radical (unpaired) electrons. The Hall–Kier alpha value is 0.800. The van der Waals surface area contributed by atoms with Crippen LogP contribution in [0, 0.1) is 0 Å². The van der Waals surface area contributed by atoms with Crippen molar-refractivity contribution in [1.82, 2.24) is 0 Å². The van der Waals surface area contributed by atoms with Crippen molar-refractivity contribution < 1.29 is 24.9 Å². The summed E-state index contributed by atoms with van der Waals surface area (Å²) in [5, 5.41) is 11.1. The van der Waals surface area contributed by atoms with Gasteiger partial charge in [-0.2, -0.15) is 9.78 Å². The van der Waals surface area contributed by atoms with E-state index in [0.717, 1.165) is 0 Å². The van der Waals surface area contributed by atoms with Crippen LogP contribution in [0.3, 0.4) is 0 Å². The van der Waals surface area contributed by atoms with E-state index in [1.807, 2.05) is 0 Å². The summed E-state index contributed by atoms with van der Waals surface area (Å²) in [6.45, 7) is -0.0694. The smallest absolute Gasteiger partial charge is 0.172 e. The second-order valence-corrected chi connectivity index (χ2v) is 0.558. The van der Waals surface area contributed by atoms with Crippen LogP contribution >= 0.6 is 0 Å². The predicted octanol–water partition coefficient (Wildman–Crippen LogP) is -0.680. The maximum absolute atomic E-state index is 4.00. The molecule has 0 atom stereocenters. The van der Waals surface area contributed by atoms with Gasteiger partial charge < -0.3 is 0 Å². The zero-order valence-corrected chi connectivity index (χ0v) is 5.75. The van der Waals surface area contributed by atoms with E-state index in [1.54, 1.807) is 0 Å². The molecule has 0 bridgehead atoms. The maximum Gasteiger partial charge on any atom is 0.221 e. The molecule has 1 aliphatic heterocycles. The first kappa shape index (κ1) is 7.80. The van der Waals surface area contributed by atoms with Gasteiger partial charge in [0.2, 0.25) is 6.79 Å². The average Bonchev–Trinajstić information content (AvgIpc) is 1.72. The molecule has 1 heterocycles. The quantitative estimate of drug-likeness (QED) is 0.310. The summed E-state index contributed by atoms with van der Waals surface area (Å²) >= 11 is 0. The van der Waals surface area contributed by atoms with E-state index in [2.05, 4.69) is 24.9 Å². The second kappa shape index (κ2) is 4.95. The third-order valence-corrected chi connectivity index (χ3v) is 0.248. The Labute approximate surface area is 61.4 Å². The van der Waals surface area contributed by atoms with Gasteiger partial charge in [-0.25, -0.2) is 0 Å². The molecule has 6 heteroatoms. The predicted molar refractivity (Wildman–Crippen MR) is 16.0 cm³/mol. The molecule has 0 unspecified atom stereocenters. The van der Waals surface area contributed by atoms with Crippen LogP contribution in [0.4, 0.5) is 0 Å². The number of hydrogen-bond donors (Lipinski definition) is 0. The summed E-state index contributed by atoms with van der Waals surface area (Å²) in [5.41, 5.74) is 0. The SMILES string of the molecule is C1OOOOO1.[Na]. The normalized spacial score (nSPS) is 20.6. The molecule has 7 heavy (non-hydrogen) atoms. The Morgan fingerprint density at radius 3 is 1.57 bits per heavy atom. The molecule has 1 rings (SSSR count). The molecule has 0 aromatic carbocycles. The molecule has 0 aromatic heterocycles. The summed E-state index contributed by atoms with van der Waals surface area (Å²) in [7, 11) is 0. The molecule has 37 valence electrons. The first-order chi connectivity index (χ1) is 3.00. The fourth-order valence-electron chi connectivity index (χ4n) is 0.110. The molecular formula is CH2NaO5. The zero-order chi connectivity index (χ0) is 4.24. The average molecular weight is 117 g/mol. The van der Waals surface area contributed by atoms with Crippen LogP contribution in [0.5, 0.6) is 0 Å². The van der Waals surface area contributed by atoms with Gasteiger partial charge in [-0.1, -0.05) is 0 Å². The van der Waals surface area contributed by atoms with Gasteiger partial charge in [0.1, 0.15) is 0 Å². The van der Waals surface area contributed by atoms with Crippen molar-refractivity contribution in [1.29, 1.82) is 0 Å². The molecule has 0 spiro atoms. The molecule has 0 saturated carbocycles. The Morgan fingerprint density at radius 1 is 0.857 bits per heavy atom. The fraction of sp³-hybridized carbons (Fsp3) is 1.00. The molecule has 1 fully saturated rings. The Balaban J connectivity index is 0.000000360. The molecule has 0 aliphatic carbocycles. The Kier molecular flexibility index (Phi) is 5.51.